The highest BCUT2D eigenvalue weighted by molar-refractivity contribution is 5.90. The molecule has 1 saturated heterocycles. The van der Waals surface area contributed by atoms with Gasteiger partial charge in [-0.3, -0.25) is 0 Å². The van der Waals surface area contributed by atoms with Crippen LogP contribution in [0.4, 0.5) is 17.7 Å². The van der Waals surface area contributed by atoms with Crippen LogP contribution in [0.5, 0.6) is 0 Å². The molecule has 0 unspecified atom stereocenters. The molecule has 1 aliphatic rings. The number of hydrogen-bond acceptors (Lipinski definition) is 7. The van der Waals surface area contributed by atoms with Crippen molar-refractivity contribution in [2.75, 3.05) is 48.3 Å². The molecule has 1 fully saturated rings. The van der Waals surface area contributed by atoms with Crippen molar-refractivity contribution in [1.82, 2.24) is 19.9 Å². The van der Waals surface area contributed by atoms with Crippen LogP contribution >= 0.6 is 0 Å². The molecule has 3 heterocycles. The SMILES string of the molecule is CNc1nc(N2CCN(c3nc(C)cc(C)n3)CC2)nc2ccccc12. The molecule has 3 aromatic rings. The summed E-state index contributed by atoms with van der Waals surface area (Å²) >= 11 is 0. The average Bonchev–Trinajstić information content (AvgIpc) is 2.66. The summed E-state index contributed by atoms with van der Waals surface area (Å²) in [6.45, 7) is 7.42. The monoisotopic (exact) mass is 349 g/mol. The Morgan fingerprint density at radius 3 is 2.00 bits per heavy atom. The molecule has 2 aromatic heterocycles. The molecule has 0 radical (unpaired) electrons. The highest BCUT2D eigenvalue weighted by Gasteiger charge is 2.22. The van der Waals surface area contributed by atoms with E-state index in [0.717, 1.165) is 66.2 Å². The van der Waals surface area contributed by atoms with Gasteiger partial charge in [0.05, 0.1) is 5.52 Å². The van der Waals surface area contributed by atoms with Crippen molar-refractivity contribution in [3.05, 3.63) is 41.7 Å². The predicted octanol–water partition coefficient (Wildman–Crippen LogP) is 2.40. The van der Waals surface area contributed by atoms with Crippen molar-refractivity contribution in [2.24, 2.45) is 0 Å². The number of nitrogens with zero attached hydrogens (tertiary/aromatic N) is 6. The molecule has 0 bridgehead atoms. The van der Waals surface area contributed by atoms with Crippen molar-refractivity contribution in [3.8, 4) is 0 Å². The molecule has 7 heteroatoms. The van der Waals surface area contributed by atoms with Crippen LogP contribution in [0.25, 0.3) is 10.9 Å². The minimum absolute atomic E-state index is 0.772. The van der Waals surface area contributed by atoms with Gasteiger partial charge in [0.25, 0.3) is 0 Å². The maximum absolute atomic E-state index is 4.76. The van der Waals surface area contributed by atoms with E-state index < -0.39 is 0 Å². The lowest BCUT2D eigenvalue weighted by Gasteiger charge is -2.35. The Bertz CT molecular complexity index is 912. The molecule has 0 aliphatic carbocycles. The molecule has 26 heavy (non-hydrogen) atoms. The first kappa shape index (κ1) is 16.5. The first-order chi connectivity index (χ1) is 12.6. The van der Waals surface area contributed by atoms with Crippen LogP contribution in [0.3, 0.4) is 0 Å². The van der Waals surface area contributed by atoms with Gasteiger partial charge in [-0.2, -0.15) is 4.98 Å². The lowest BCUT2D eigenvalue weighted by Crippen LogP contribution is -2.47. The summed E-state index contributed by atoms with van der Waals surface area (Å²) in [7, 11) is 1.90. The van der Waals surface area contributed by atoms with Crippen molar-refractivity contribution in [3.63, 3.8) is 0 Å². The van der Waals surface area contributed by atoms with Crippen LogP contribution in [0, 0.1) is 13.8 Å². The Balaban J connectivity index is 1.55. The van der Waals surface area contributed by atoms with Crippen molar-refractivity contribution in [2.45, 2.75) is 13.8 Å². The number of aromatic nitrogens is 4. The summed E-state index contributed by atoms with van der Waals surface area (Å²) in [6, 6.07) is 10.1. The van der Waals surface area contributed by atoms with Crippen LogP contribution in [-0.4, -0.2) is 53.2 Å². The Morgan fingerprint density at radius 1 is 0.808 bits per heavy atom. The number of anilines is 3. The molecule has 1 aromatic carbocycles. The Labute approximate surface area is 153 Å². The van der Waals surface area contributed by atoms with Gasteiger partial charge in [-0.1, -0.05) is 12.1 Å². The van der Waals surface area contributed by atoms with E-state index >= 15 is 0 Å². The molecule has 0 atom stereocenters. The first-order valence-electron chi connectivity index (χ1n) is 8.91. The van der Waals surface area contributed by atoms with Crippen molar-refractivity contribution in [1.29, 1.82) is 0 Å². The van der Waals surface area contributed by atoms with E-state index in [2.05, 4.69) is 25.1 Å². The van der Waals surface area contributed by atoms with Crippen LogP contribution in [0.15, 0.2) is 30.3 Å². The molecule has 7 nitrogen and oxygen atoms in total. The maximum atomic E-state index is 4.76. The summed E-state index contributed by atoms with van der Waals surface area (Å²) in [4.78, 5) is 23.1. The standard InChI is InChI=1S/C19H23N7/c1-13-12-14(2)22-18(21-13)25-8-10-26(11-9-25)19-23-16-7-5-4-6-15(16)17(20-3)24-19/h4-7,12H,8-11H2,1-3H3,(H,20,23,24). The minimum atomic E-state index is 0.772. The van der Waals surface area contributed by atoms with Gasteiger partial charge in [-0.05, 0) is 32.0 Å². The van der Waals surface area contributed by atoms with Crippen LogP contribution in [0.2, 0.25) is 0 Å². The highest BCUT2D eigenvalue weighted by Crippen LogP contribution is 2.24. The molecule has 0 saturated carbocycles. The van der Waals surface area contributed by atoms with Gasteiger partial charge in [0.2, 0.25) is 11.9 Å². The molecule has 1 N–H and O–H groups in total. The third-order valence-corrected chi connectivity index (χ3v) is 4.64. The van der Waals surface area contributed by atoms with Crippen LogP contribution in [0.1, 0.15) is 11.4 Å². The number of fused-ring (bicyclic) bond motifs is 1. The summed E-state index contributed by atoms with van der Waals surface area (Å²) in [5.74, 6) is 2.46. The fourth-order valence-corrected chi connectivity index (χ4v) is 3.35. The van der Waals surface area contributed by atoms with E-state index in [1.54, 1.807) is 0 Å². The summed E-state index contributed by atoms with van der Waals surface area (Å²) in [5.41, 5.74) is 2.97. The average molecular weight is 349 g/mol. The summed E-state index contributed by atoms with van der Waals surface area (Å²) in [6.07, 6.45) is 0. The second-order valence-electron chi connectivity index (χ2n) is 6.56. The normalized spacial score (nSPS) is 14.7. The van der Waals surface area contributed by atoms with E-state index in [1.807, 2.05) is 51.2 Å². The summed E-state index contributed by atoms with van der Waals surface area (Å²) in [5, 5.41) is 4.23. The molecule has 0 amide bonds. The number of benzene rings is 1. The Kier molecular flexibility index (Phi) is 4.28. The summed E-state index contributed by atoms with van der Waals surface area (Å²) < 4.78 is 0. The topological polar surface area (TPSA) is 70.1 Å². The second kappa shape index (κ2) is 6.74. The van der Waals surface area contributed by atoms with Gasteiger partial charge < -0.3 is 15.1 Å². The fourth-order valence-electron chi connectivity index (χ4n) is 3.35. The quantitative estimate of drug-likeness (QED) is 0.778. The van der Waals surface area contributed by atoms with Crippen LogP contribution < -0.4 is 15.1 Å². The lowest BCUT2D eigenvalue weighted by atomic mass is 10.2. The molecule has 134 valence electrons. The van der Waals surface area contributed by atoms with E-state index in [4.69, 9.17) is 9.97 Å². The van der Waals surface area contributed by atoms with E-state index in [1.165, 1.54) is 0 Å². The Morgan fingerprint density at radius 2 is 1.38 bits per heavy atom. The zero-order chi connectivity index (χ0) is 18.1. The zero-order valence-corrected chi connectivity index (χ0v) is 15.4. The third-order valence-electron chi connectivity index (χ3n) is 4.64. The molecule has 1 aliphatic heterocycles. The van der Waals surface area contributed by atoms with Crippen molar-refractivity contribution >= 4 is 28.6 Å². The van der Waals surface area contributed by atoms with E-state index in [0.29, 0.717) is 0 Å². The van der Waals surface area contributed by atoms with Crippen LogP contribution in [-0.2, 0) is 0 Å². The molecular weight excluding hydrogens is 326 g/mol. The molecule has 0 spiro atoms. The van der Waals surface area contributed by atoms with Gasteiger partial charge in [0.1, 0.15) is 5.82 Å². The minimum Gasteiger partial charge on any atom is -0.372 e. The van der Waals surface area contributed by atoms with Crippen molar-refractivity contribution < 1.29 is 0 Å². The number of aryl methyl sites for hydroxylation is 2. The number of para-hydroxylation sites is 1. The Hall–Kier alpha value is -2.96. The van der Waals surface area contributed by atoms with E-state index in [-0.39, 0.29) is 0 Å². The highest BCUT2D eigenvalue weighted by atomic mass is 15.4. The van der Waals surface area contributed by atoms with Gasteiger partial charge in [0, 0.05) is 50.0 Å². The predicted molar refractivity (Wildman–Crippen MR) is 105 cm³/mol. The second-order valence-corrected chi connectivity index (χ2v) is 6.56. The largest absolute Gasteiger partial charge is 0.372 e. The number of hydrogen-bond donors (Lipinski definition) is 1. The third kappa shape index (κ3) is 3.12. The molecular formula is C19H23N7. The van der Waals surface area contributed by atoms with Gasteiger partial charge >= 0.3 is 0 Å². The maximum Gasteiger partial charge on any atom is 0.228 e. The van der Waals surface area contributed by atoms with Gasteiger partial charge in [0.15, 0.2) is 0 Å². The van der Waals surface area contributed by atoms with Gasteiger partial charge in [-0.15, -0.1) is 0 Å². The number of piperazine rings is 1. The fraction of sp³-hybridized carbons (Fsp3) is 0.368. The molecule has 4 rings (SSSR count). The van der Waals surface area contributed by atoms with Gasteiger partial charge in [-0.25, -0.2) is 15.0 Å². The number of nitrogens with one attached hydrogen (secondary N) is 1. The first-order valence-corrected chi connectivity index (χ1v) is 8.91. The smallest absolute Gasteiger partial charge is 0.228 e. The van der Waals surface area contributed by atoms with E-state index in [9.17, 15) is 0 Å². The number of rotatable bonds is 3. The zero-order valence-electron chi connectivity index (χ0n) is 15.4. The lowest BCUT2D eigenvalue weighted by molar-refractivity contribution is 0.627.